The summed E-state index contributed by atoms with van der Waals surface area (Å²) >= 11 is 0. The molecule has 6 nitrogen and oxygen atoms in total. The summed E-state index contributed by atoms with van der Waals surface area (Å²) in [5.41, 5.74) is 5.09. The number of halogens is 1. The van der Waals surface area contributed by atoms with Gasteiger partial charge in [0.2, 0.25) is 5.88 Å². The third kappa shape index (κ3) is 3.92. The van der Waals surface area contributed by atoms with E-state index in [-0.39, 0.29) is 5.88 Å². The summed E-state index contributed by atoms with van der Waals surface area (Å²) in [4.78, 5) is 15.9. The van der Waals surface area contributed by atoms with Gasteiger partial charge in [0.1, 0.15) is 5.65 Å². The number of aromatic nitrogens is 4. The van der Waals surface area contributed by atoms with Gasteiger partial charge in [0, 0.05) is 42.3 Å². The number of aromatic amines is 1. The topological polar surface area (TPSA) is 87.5 Å². The van der Waals surface area contributed by atoms with E-state index < -0.39 is 5.82 Å². The molecule has 0 radical (unpaired) electrons. The molecule has 29 heavy (non-hydrogen) atoms. The molecule has 0 atom stereocenters. The maximum Gasteiger partial charge on any atom is 0.250 e. The first-order valence-corrected chi connectivity index (χ1v) is 9.15. The van der Waals surface area contributed by atoms with Crippen molar-refractivity contribution in [2.75, 3.05) is 7.11 Å². The van der Waals surface area contributed by atoms with Gasteiger partial charge < -0.3 is 9.72 Å². The number of ether oxygens (including phenoxy) is 1. The van der Waals surface area contributed by atoms with Gasteiger partial charge in [-0.3, -0.25) is 4.98 Å². The number of nitriles is 1. The number of methoxy groups -OCH3 is 1. The minimum atomic E-state index is -0.460. The zero-order valence-electron chi connectivity index (χ0n) is 15.8. The Morgan fingerprint density at radius 3 is 2.69 bits per heavy atom. The second-order valence-electron chi connectivity index (χ2n) is 6.68. The molecule has 4 aromatic rings. The molecule has 0 spiro atoms. The number of nitrogens with one attached hydrogen (secondary N) is 1. The molecule has 0 aliphatic rings. The van der Waals surface area contributed by atoms with E-state index in [0.29, 0.717) is 30.5 Å². The number of fused-ring (bicyclic) bond motifs is 1. The molecule has 0 bridgehead atoms. The summed E-state index contributed by atoms with van der Waals surface area (Å²) in [6.45, 7) is 0. The fourth-order valence-electron chi connectivity index (χ4n) is 3.31. The molecule has 0 fully saturated rings. The van der Waals surface area contributed by atoms with Gasteiger partial charge in [-0.05, 0) is 47.7 Å². The highest BCUT2D eigenvalue weighted by molar-refractivity contribution is 5.86. The van der Waals surface area contributed by atoms with Gasteiger partial charge >= 0.3 is 0 Å². The van der Waals surface area contributed by atoms with E-state index in [9.17, 15) is 9.65 Å². The molecule has 0 aromatic carbocycles. The number of rotatable bonds is 6. The Balaban J connectivity index is 1.45. The third-order valence-corrected chi connectivity index (χ3v) is 4.78. The van der Waals surface area contributed by atoms with E-state index in [4.69, 9.17) is 4.74 Å². The average molecular weight is 387 g/mol. The van der Waals surface area contributed by atoms with E-state index in [0.717, 1.165) is 27.8 Å². The fourth-order valence-corrected chi connectivity index (χ4v) is 3.31. The molecule has 4 rings (SSSR count). The van der Waals surface area contributed by atoms with Crippen molar-refractivity contribution < 1.29 is 9.13 Å². The number of H-pyrrole nitrogens is 1. The number of aryl methyl sites for hydroxylation is 2. The first kappa shape index (κ1) is 18.6. The van der Waals surface area contributed by atoms with Crippen LogP contribution in [0.25, 0.3) is 11.0 Å². The Hall–Kier alpha value is -3.79. The van der Waals surface area contributed by atoms with Crippen molar-refractivity contribution in [1.29, 1.82) is 5.26 Å². The molecule has 144 valence electrons. The van der Waals surface area contributed by atoms with Crippen LogP contribution in [0, 0.1) is 17.1 Å². The van der Waals surface area contributed by atoms with Crippen LogP contribution in [0.4, 0.5) is 4.39 Å². The first-order chi connectivity index (χ1) is 14.2. The minimum Gasteiger partial charge on any atom is -0.479 e. The number of hydrogen-bond acceptors (Lipinski definition) is 5. The van der Waals surface area contributed by atoms with Crippen molar-refractivity contribution in [3.8, 4) is 11.9 Å². The second kappa shape index (κ2) is 8.07. The highest BCUT2D eigenvalue weighted by Crippen LogP contribution is 2.23. The number of hydrogen-bond donors (Lipinski definition) is 1. The molecule has 0 saturated carbocycles. The summed E-state index contributed by atoms with van der Waals surface area (Å²) < 4.78 is 18.6. The highest BCUT2D eigenvalue weighted by Gasteiger charge is 2.11. The number of nitrogens with zero attached hydrogens (tertiary/aromatic N) is 4. The molecule has 0 amide bonds. The lowest BCUT2D eigenvalue weighted by Gasteiger charge is -2.06. The first-order valence-electron chi connectivity index (χ1n) is 9.15. The van der Waals surface area contributed by atoms with E-state index in [1.54, 1.807) is 18.5 Å². The lowest BCUT2D eigenvalue weighted by atomic mass is 10.0. The van der Waals surface area contributed by atoms with E-state index in [1.165, 1.54) is 13.2 Å². The quantitative estimate of drug-likeness (QED) is 0.544. The van der Waals surface area contributed by atoms with Gasteiger partial charge in [-0.2, -0.15) is 5.26 Å². The lowest BCUT2D eigenvalue weighted by Crippen LogP contribution is -1.99. The smallest absolute Gasteiger partial charge is 0.250 e. The normalized spacial score (nSPS) is 10.8. The van der Waals surface area contributed by atoms with Crippen molar-refractivity contribution in [2.24, 2.45) is 0 Å². The summed E-state index contributed by atoms with van der Waals surface area (Å²) in [6, 6.07) is 9.38. The Bertz CT molecular complexity index is 1190. The van der Waals surface area contributed by atoms with Crippen molar-refractivity contribution in [3.05, 3.63) is 82.8 Å². The standard InChI is InChI=1S/C22H18FN5O/c1-29-22-19(23)9-15(12-28-22)3-5-18-4-2-14(11-26-18)8-17-13-27-21-20(17)16(10-24)6-7-25-21/h2,4,6-7,9,11-13H,3,5,8H2,1H3,(H,25,27). The van der Waals surface area contributed by atoms with Crippen LogP contribution in [-0.2, 0) is 19.3 Å². The predicted molar refractivity (Wildman–Crippen MR) is 106 cm³/mol. The molecule has 4 heterocycles. The van der Waals surface area contributed by atoms with Crippen LogP contribution in [0.15, 0.2) is 49.1 Å². The van der Waals surface area contributed by atoms with E-state index >= 15 is 0 Å². The van der Waals surface area contributed by atoms with Crippen LogP contribution in [0.1, 0.15) is 27.9 Å². The molecule has 0 aliphatic heterocycles. The molecule has 0 saturated heterocycles. The van der Waals surface area contributed by atoms with Crippen LogP contribution in [-0.4, -0.2) is 27.0 Å². The minimum absolute atomic E-state index is 0.00302. The van der Waals surface area contributed by atoms with Crippen molar-refractivity contribution in [1.82, 2.24) is 19.9 Å². The summed E-state index contributed by atoms with van der Waals surface area (Å²) in [5.74, 6) is -0.457. The lowest BCUT2D eigenvalue weighted by molar-refractivity contribution is 0.368. The maximum atomic E-state index is 13.7. The number of pyridine rings is 3. The Morgan fingerprint density at radius 1 is 1.10 bits per heavy atom. The zero-order valence-corrected chi connectivity index (χ0v) is 15.8. The Labute approximate surface area is 167 Å². The van der Waals surface area contributed by atoms with Gasteiger partial charge in [0.25, 0.3) is 0 Å². The van der Waals surface area contributed by atoms with Crippen LogP contribution in [0.2, 0.25) is 0 Å². The van der Waals surface area contributed by atoms with Gasteiger partial charge in [0.05, 0.1) is 18.7 Å². The van der Waals surface area contributed by atoms with E-state index in [2.05, 4.69) is 26.0 Å². The molecule has 0 unspecified atom stereocenters. The summed E-state index contributed by atoms with van der Waals surface area (Å²) in [5, 5.41) is 10.2. The predicted octanol–water partition coefficient (Wildman–Crippen LogP) is 3.75. The second-order valence-corrected chi connectivity index (χ2v) is 6.68. The molecule has 7 heteroatoms. The zero-order chi connectivity index (χ0) is 20.2. The van der Waals surface area contributed by atoms with Crippen LogP contribution in [0.3, 0.4) is 0 Å². The van der Waals surface area contributed by atoms with Gasteiger partial charge in [-0.25, -0.2) is 14.4 Å². The van der Waals surface area contributed by atoms with E-state index in [1.807, 2.05) is 24.5 Å². The Morgan fingerprint density at radius 2 is 1.97 bits per heavy atom. The molecule has 1 N–H and O–H groups in total. The van der Waals surface area contributed by atoms with Crippen LogP contribution in [0.5, 0.6) is 5.88 Å². The van der Waals surface area contributed by atoms with Crippen LogP contribution >= 0.6 is 0 Å². The SMILES string of the molecule is COc1ncc(CCc2ccc(Cc3c[nH]c4nccc(C#N)c34)cn2)cc1F. The highest BCUT2D eigenvalue weighted by atomic mass is 19.1. The third-order valence-electron chi connectivity index (χ3n) is 4.78. The fraction of sp³-hybridized carbons (Fsp3) is 0.182. The monoisotopic (exact) mass is 387 g/mol. The van der Waals surface area contributed by atoms with Crippen molar-refractivity contribution in [2.45, 2.75) is 19.3 Å². The molecule has 4 aromatic heterocycles. The maximum absolute atomic E-state index is 13.7. The molecule has 0 aliphatic carbocycles. The summed E-state index contributed by atoms with van der Waals surface area (Å²) in [6.07, 6.45) is 8.95. The Kier molecular flexibility index (Phi) is 5.16. The summed E-state index contributed by atoms with van der Waals surface area (Å²) in [7, 11) is 1.39. The molecular formula is C22H18FN5O. The van der Waals surface area contributed by atoms with Gasteiger partial charge in [0.15, 0.2) is 5.82 Å². The largest absolute Gasteiger partial charge is 0.479 e. The molecular weight excluding hydrogens is 369 g/mol. The van der Waals surface area contributed by atoms with Gasteiger partial charge in [-0.1, -0.05) is 6.07 Å². The van der Waals surface area contributed by atoms with Crippen molar-refractivity contribution >= 4 is 11.0 Å². The van der Waals surface area contributed by atoms with Crippen molar-refractivity contribution in [3.63, 3.8) is 0 Å². The average Bonchev–Trinajstić information content (AvgIpc) is 3.16. The van der Waals surface area contributed by atoms with Crippen LogP contribution < -0.4 is 4.74 Å². The van der Waals surface area contributed by atoms with Gasteiger partial charge in [-0.15, -0.1) is 0 Å².